The van der Waals surface area contributed by atoms with Gasteiger partial charge in [-0.2, -0.15) is 0 Å². The van der Waals surface area contributed by atoms with Gasteiger partial charge >= 0.3 is 0 Å². The summed E-state index contributed by atoms with van der Waals surface area (Å²) in [5.41, 5.74) is 4.72. The lowest BCUT2D eigenvalue weighted by molar-refractivity contribution is 0.254. The lowest BCUT2D eigenvalue weighted by atomic mass is 9.95. The molecule has 1 aliphatic heterocycles. The zero-order chi connectivity index (χ0) is 13.1. The molecule has 1 N–H and O–H groups in total. The van der Waals surface area contributed by atoms with Gasteiger partial charge in [-0.05, 0) is 61.4 Å². The van der Waals surface area contributed by atoms with E-state index in [4.69, 9.17) is 0 Å². The normalized spacial score (nSPS) is 18.6. The molecule has 0 unspecified atom stereocenters. The van der Waals surface area contributed by atoms with E-state index < -0.39 is 0 Å². The lowest BCUT2D eigenvalue weighted by Crippen LogP contribution is -2.29. The molecular formula is C17H26N2. The van der Waals surface area contributed by atoms with Crippen molar-refractivity contribution in [2.45, 2.75) is 45.7 Å². The molecule has 2 heteroatoms. The van der Waals surface area contributed by atoms with Gasteiger partial charge in [0, 0.05) is 19.6 Å². The maximum absolute atomic E-state index is 3.48. The Bertz CT molecular complexity index is 423. The van der Waals surface area contributed by atoms with Crippen LogP contribution in [0, 0.1) is 5.92 Å². The second kappa shape index (κ2) is 6.06. The second-order valence-electron chi connectivity index (χ2n) is 6.16. The van der Waals surface area contributed by atoms with Crippen LogP contribution in [0.5, 0.6) is 0 Å². The number of fused-ring (bicyclic) bond motifs is 1. The van der Waals surface area contributed by atoms with Gasteiger partial charge in [0.15, 0.2) is 0 Å². The SMILES string of the molecule is CCCN(Cc1cccc2c1CCNC2)CC1CC1. The van der Waals surface area contributed by atoms with E-state index >= 15 is 0 Å². The van der Waals surface area contributed by atoms with Crippen molar-refractivity contribution < 1.29 is 0 Å². The Morgan fingerprint density at radius 1 is 1.32 bits per heavy atom. The van der Waals surface area contributed by atoms with E-state index in [1.807, 2.05) is 0 Å². The highest BCUT2D eigenvalue weighted by molar-refractivity contribution is 5.37. The molecule has 1 saturated carbocycles. The first kappa shape index (κ1) is 13.1. The topological polar surface area (TPSA) is 15.3 Å². The van der Waals surface area contributed by atoms with E-state index in [9.17, 15) is 0 Å². The molecule has 0 bridgehead atoms. The maximum Gasteiger partial charge on any atom is 0.0236 e. The summed E-state index contributed by atoms with van der Waals surface area (Å²) in [5.74, 6) is 0.993. The highest BCUT2D eigenvalue weighted by atomic mass is 15.1. The van der Waals surface area contributed by atoms with Crippen molar-refractivity contribution in [3.63, 3.8) is 0 Å². The van der Waals surface area contributed by atoms with E-state index in [0.29, 0.717) is 0 Å². The van der Waals surface area contributed by atoms with Crippen molar-refractivity contribution in [3.05, 3.63) is 34.9 Å². The number of hydrogen-bond acceptors (Lipinski definition) is 2. The minimum atomic E-state index is 0.993. The molecule has 1 heterocycles. The minimum Gasteiger partial charge on any atom is -0.312 e. The fourth-order valence-electron chi connectivity index (χ4n) is 3.22. The van der Waals surface area contributed by atoms with Crippen molar-refractivity contribution in [3.8, 4) is 0 Å². The summed E-state index contributed by atoms with van der Waals surface area (Å²) in [6.07, 6.45) is 5.38. The molecule has 2 aliphatic rings. The Kier molecular flexibility index (Phi) is 4.19. The van der Waals surface area contributed by atoms with E-state index in [-0.39, 0.29) is 0 Å². The van der Waals surface area contributed by atoms with Crippen molar-refractivity contribution in [2.75, 3.05) is 19.6 Å². The van der Waals surface area contributed by atoms with Gasteiger partial charge in [0.1, 0.15) is 0 Å². The maximum atomic E-state index is 3.48. The monoisotopic (exact) mass is 258 g/mol. The molecule has 19 heavy (non-hydrogen) atoms. The van der Waals surface area contributed by atoms with Crippen molar-refractivity contribution >= 4 is 0 Å². The van der Waals surface area contributed by atoms with Gasteiger partial charge in [-0.25, -0.2) is 0 Å². The standard InChI is InChI=1S/C17H26N2/c1-2-10-19(12-14-6-7-14)13-16-5-3-4-15-11-18-9-8-17(15)16/h3-5,14,18H,2,6-13H2,1H3. The van der Waals surface area contributed by atoms with Gasteiger partial charge in [0.05, 0.1) is 0 Å². The Balaban J connectivity index is 1.72. The average molecular weight is 258 g/mol. The lowest BCUT2D eigenvalue weighted by Gasteiger charge is -2.26. The van der Waals surface area contributed by atoms with Gasteiger partial charge in [-0.15, -0.1) is 0 Å². The fraction of sp³-hybridized carbons (Fsp3) is 0.647. The van der Waals surface area contributed by atoms with Crippen LogP contribution in [0.3, 0.4) is 0 Å². The molecule has 1 aliphatic carbocycles. The molecule has 0 atom stereocenters. The highest BCUT2D eigenvalue weighted by Crippen LogP contribution is 2.30. The van der Waals surface area contributed by atoms with E-state index in [1.54, 1.807) is 11.1 Å². The molecule has 0 radical (unpaired) electrons. The number of nitrogens with zero attached hydrogens (tertiary/aromatic N) is 1. The van der Waals surface area contributed by atoms with Crippen molar-refractivity contribution in [2.24, 2.45) is 5.92 Å². The Labute approximate surface area is 117 Å². The summed E-state index contributed by atoms with van der Waals surface area (Å²) < 4.78 is 0. The van der Waals surface area contributed by atoms with Gasteiger partial charge in [0.25, 0.3) is 0 Å². The summed E-state index contributed by atoms with van der Waals surface area (Å²) >= 11 is 0. The summed E-state index contributed by atoms with van der Waals surface area (Å²) in [6, 6.07) is 6.87. The molecule has 0 spiro atoms. The predicted octanol–water partition coefficient (Wildman–Crippen LogP) is 2.95. The summed E-state index contributed by atoms with van der Waals surface area (Å²) in [5, 5.41) is 3.48. The van der Waals surface area contributed by atoms with Gasteiger partial charge in [-0.1, -0.05) is 25.1 Å². The summed E-state index contributed by atoms with van der Waals surface area (Å²) in [4.78, 5) is 2.68. The molecule has 1 aromatic rings. The first-order valence-electron chi connectivity index (χ1n) is 7.89. The first-order valence-corrected chi connectivity index (χ1v) is 7.89. The third kappa shape index (κ3) is 3.37. The van der Waals surface area contributed by atoms with Gasteiger partial charge in [0.2, 0.25) is 0 Å². The third-order valence-corrected chi connectivity index (χ3v) is 4.38. The highest BCUT2D eigenvalue weighted by Gasteiger charge is 2.24. The van der Waals surface area contributed by atoms with Gasteiger partial charge < -0.3 is 5.32 Å². The molecular weight excluding hydrogens is 232 g/mol. The Morgan fingerprint density at radius 2 is 2.21 bits per heavy atom. The smallest absolute Gasteiger partial charge is 0.0236 e. The predicted molar refractivity (Wildman–Crippen MR) is 80.1 cm³/mol. The van der Waals surface area contributed by atoms with Crippen LogP contribution >= 0.6 is 0 Å². The zero-order valence-electron chi connectivity index (χ0n) is 12.1. The number of benzene rings is 1. The first-order chi connectivity index (χ1) is 9.36. The molecule has 3 rings (SSSR count). The number of rotatable bonds is 6. The fourth-order valence-corrected chi connectivity index (χ4v) is 3.22. The Morgan fingerprint density at radius 3 is 3.00 bits per heavy atom. The molecule has 1 fully saturated rings. The molecule has 0 amide bonds. The Hall–Kier alpha value is -0.860. The van der Waals surface area contributed by atoms with E-state index in [1.165, 1.54) is 44.3 Å². The molecule has 1 aromatic carbocycles. The van der Waals surface area contributed by atoms with Crippen LogP contribution in [0.2, 0.25) is 0 Å². The van der Waals surface area contributed by atoms with Crippen LogP contribution in [0.25, 0.3) is 0 Å². The van der Waals surface area contributed by atoms with Crippen LogP contribution in [-0.4, -0.2) is 24.5 Å². The largest absolute Gasteiger partial charge is 0.312 e. The molecule has 2 nitrogen and oxygen atoms in total. The number of hydrogen-bond donors (Lipinski definition) is 1. The van der Waals surface area contributed by atoms with Crippen molar-refractivity contribution in [1.82, 2.24) is 10.2 Å². The van der Waals surface area contributed by atoms with Gasteiger partial charge in [-0.3, -0.25) is 4.90 Å². The van der Waals surface area contributed by atoms with Crippen LogP contribution < -0.4 is 5.32 Å². The van der Waals surface area contributed by atoms with Crippen LogP contribution in [-0.2, 0) is 19.5 Å². The second-order valence-corrected chi connectivity index (χ2v) is 6.16. The van der Waals surface area contributed by atoms with Crippen LogP contribution in [0.15, 0.2) is 18.2 Å². The third-order valence-electron chi connectivity index (χ3n) is 4.38. The molecule has 0 saturated heterocycles. The molecule has 0 aromatic heterocycles. The summed E-state index contributed by atoms with van der Waals surface area (Å²) in [6.45, 7) is 8.21. The van der Waals surface area contributed by atoms with Crippen LogP contribution in [0.4, 0.5) is 0 Å². The molecule has 104 valence electrons. The quantitative estimate of drug-likeness (QED) is 0.844. The van der Waals surface area contributed by atoms with Crippen molar-refractivity contribution in [1.29, 1.82) is 0 Å². The minimum absolute atomic E-state index is 0.993. The van der Waals surface area contributed by atoms with E-state index in [2.05, 4.69) is 35.3 Å². The number of nitrogens with one attached hydrogen (secondary N) is 1. The average Bonchev–Trinajstić information content (AvgIpc) is 3.23. The van der Waals surface area contributed by atoms with E-state index in [0.717, 1.165) is 25.6 Å². The van der Waals surface area contributed by atoms with Crippen LogP contribution in [0.1, 0.15) is 42.9 Å². The zero-order valence-corrected chi connectivity index (χ0v) is 12.1. The summed E-state index contributed by atoms with van der Waals surface area (Å²) in [7, 11) is 0.